The minimum absolute atomic E-state index is 0.00338. The van der Waals surface area contributed by atoms with Crippen molar-refractivity contribution in [2.45, 2.75) is 38.3 Å². The third kappa shape index (κ3) is 2.86. The van der Waals surface area contributed by atoms with Gasteiger partial charge in [0.2, 0.25) is 5.91 Å². The fourth-order valence-electron chi connectivity index (χ4n) is 2.10. The molecule has 1 atom stereocenters. The lowest BCUT2D eigenvalue weighted by Gasteiger charge is -2.28. The highest BCUT2D eigenvalue weighted by molar-refractivity contribution is 5.81. The number of amides is 1. The molecule has 1 amide bonds. The van der Waals surface area contributed by atoms with Gasteiger partial charge in [0.25, 0.3) is 0 Å². The van der Waals surface area contributed by atoms with Gasteiger partial charge >= 0.3 is 0 Å². The lowest BCUT2D eigenvalue weighted by molar-refractivity contribution is -0.131. The number of benzene rings is 1. The Morgan fingerprint density at radius 1 is 1.35 bits per heavy atom. The molecule has 1 saturated heterocycles. The maximum atomic E-state index is 12.0. The minimum Gasteiger partial charge on any atom is -0.368 e. The fourth-order valence-corrected chi connectivity index (χ4v) is 2.10. The second-order valence-electron chi connectivity index (χ2n) is 4.98. The molecule has 1 aromatic rings. The van der Waals surface area contributed by atoms with Crippen molar-refractivity contribution in [3.8, 4) is 0 Å². The van der Waals surface area contributed by atoms with Crippen molar-refractivity contribution in [3.05, 3.63) is 35.9 Å². The van der Waals surface area contributed by atoms with Crippen LogP contribution in [0.5, 0.6) is 0 Å². The SMILES string of the molecule is CC(C)(NC(=O)C1CCCO1)c1ccccc1. The molecule has 1 N–H and O–H groups in total. The first-order valence-electron chi connectivity index (χ1n) is 6.09. The van der Waals surface area contributed by atoms with E-state index < -0.39 is 0 Å². The van der Waals surface area contributed by atoms with E-state index in [9.17, 15) is 4.79 Å². The summed E-state index contributed by atoms with van der Waals surface area (Å²) in [6.07, 6.45) is 1.54. The van der Waals surface area contributed by atoms with E-state index in [2.05, 4.69) is 5.32 Å². The van der Waals surface area contributed by atoms with Crippen molar-refractivity contribution in [3.63, 3.8) is 0 Å². The summed E-state index contributed by atoms with van der Waals surface area (Å²) in [4.78, 5) is 12.0. The van der Waals surface area contributed by atoms with Crippen molar-refractivity contribution in [2.75, 3.05) is 6.61 Å². The van der Waals surface area contributed by atoms with Gasteiger partial charge in [0.15, 0.2) is 0 Å². The third-order valence-electron chi connectivity index (χ3n) is 3.15. The van der Waals surface area contributed by atoms with Crippen LogP contribution in [0.4, 0.5) is 0 Å². The monoisotopic (exact) mass is 233 g/mol. The van der Waals surface area contributed by atoms with Gasteiger partial charge in [-0.25, -0.2) is 0 Å². The largest absolute Gasteiger partial charge is 0.368 e. The average Bonchev–Trinajstić information content (AvgIpc) is 2.83. The van der Waals surface area contributed by atoms with Gasteiger partial charge in [0.05, 0.1) is 5.54 Å². The van der Waals surface area contributed by atoms with Crippen LogP contribution in [0, 0.1) is 0 Å². The van der Waals surface area contributed by atoms with Crippen LogP contribution >= 0.6 is 0 Å². The van der Waals surface area contributed by atoms with Gasteiger partial charge in [-0.1, -0.05) is 30.3 Å². The van der Waals surface area contributed by atoms with Crippen LogP contribution in [-0.2, 0) is 15.1 Å². The number of rotatable bonds is 3. The number of ether oxygens (including phenoxy) is 1. The standard InChI is InChI=1S/C14H19NO2/c1-14(2,11-7-4-3-5-8-11)15-13(16)12-9-6-10-17-12/h3-5,7-8,12H,6,9-10H2,1-2H3,(H,15,16). The zero-order chi connectivity index (χ0) is 12.3. The molecule has 1 aliphatic heterocycles. The second kappa shape index (κ2) is 4.88. The Hall–Kier alpha value is -1.35. The van der Waals surface area contributed by atoms with E-state index in [1.807, 2.05) is 44.2 Å². The second-order valence-corrected chi connectivity index (χ2v) is 4.98. The summed E-state index contributed by atoms with van der Waals surface area (Å²) < 4.78 is 5.38. The highest BCUT2D eigenvalue weighted by Crippen LogP contribution is 2.21. The summed E-state index contributed by atoms with van der Waals surface area (Å²) in [7, 11) is 0. The summed E-state index contributed by atoms with van der Waals surface area (Å²) in [6, 6.07) is 9.98. The molecule has 1 unspecified atom stereocenters. The van der Waals surface area contributed by atoms with Crippen LogP contribution in [0.2, 0.25) is 0 Å². The highest BCUT2D eigenvalue weighted by Gasteiger charge is 2.29. The topological polar surface area (TPSA) is 38.3 Å². The van der Waals surface area contributed by atoms with E-state index in [1.54, 1.807) is 0 Å². The van der Waals surface area contributed by atoms with Gasteiger partial charge in [-0.05, 0) is 32.3 Å². The first-order chi connectivity index (χ1) is 8.09. The molecule has 0 radical (unpaired) electrons. The minimum atomic E-state index is -0.357. The maximum absolute atomic E-state index is 12.0. The summed E-state index contributed by atoms with van der Waals surface area (Å²) in [5, 5.41) is 3.05. The van der Waals surface area contributed by atoms with Crippen molar-refractivity contribution in [1.29, 1.82) is 0 Å². The van der Waals surface area contributed by atoms with Gasteiger partial charge in [-0.3, -0.25) is 4.79 Å². The number of hydrogen-bond donors (Lipinski definition) is 1. The summed E-state index contributed by atoms with van der Waals surface area (Å²) in [5.41, 5.74) is 0.746. The zero-order valence-electron chi connectivity index (χ0n) is 10.4. The van der Waals surface area contributed by atoms with Gasteiger partial charge in [0, 0.05) is 6.61 Å². The molecule has 17 heavy (non-hydrogen) atoms. The Morgan fingerprint density at radius 3 is 2.65 bits per heavy atom. The van der Waals surface area contributed by atoms with Crippen LogP contribution in [0.15, 0.2) is 30.3 Å². The third-order valence-corrected chi connectivity index (χ3v) is 3.15. The highest BCUT2D eigenvalue weighted by atomic mass is 16.5. The van der Waals surface area contributed by atoms with Gasteiger partial charge in [-0.2, -0.15) is 0 Å². The molecule has 2 rings (SSSR count). The average molecular weight is 233 g/mol. The zero-order valence-corrected chi connectivity index (χ0v) is 10.4. The van der Waals surface area contributed by atoms with Crippen LogP contribution in [0.25, 0.3) is 0 Å². The van der Waals surface area contributed by atoms with Gasteiger partial charge in [0.1, 0.15) is 6.10 Å². The lowest BCUT2D eigenvalue weighted by atomic mass is 9.94. The van der Waals surface area contributed by atoms with Gasteiger partial charge < -0.3 is 10.1 Å². The van der Waals surface area contributed by atoms with Crippen LogP contribution < -0.4 is 5.32 Å². The van der Waals surface area contributed by atoms with Crippen LogP contribution in [0.1, 0.15) is 32.3 Å². The lowest BCUT2D eigenvalue weighted by Crippen LogP contribution is -2.45. The van der Waals surface area contributed by atoms with E-state index in [-0.39, 0.29) is 17.6 Å². The molecule has 3 heteroatoms. The molecule has 1 heterocycles. The van der Waals surface area contributed by atoms with Gasteiger partial charge in [-0.15, -0.1) is 0 Å². The van der Waals surface area contributed by atoms with Crippen molar-refractivity contribution in [2.24, 2.45) is 0 Å². The van der Waals surface area contributed by atoms with Crippen LogP contribution in [0.3, 0.4) is 0 Å². The smallest absolute Gasteiger partial charge is 0.249 e. The molecule has 3 nitrogen and oxygen atoms in total. The van der Waals surface area contributed by atoms with Crippen molar-refractivity contribution >= 4 is 5.91 Å². The van der Waals surface area contributed by atoms with E-state index >= 15 is 0 Å². The van der Waals surface area contributed by atoms with Crippen molar-refractivity contribution in [1.82, 2.24) is 5.32 Å². The molecule has 1 fully saturated rings. The molecule has 0 bridgehead atoms. The summed E-state index contributed by atoms with van der Waals surface area (Å²) in [5.74, 6) is -0.00338. The molecule has 1 aromatic carbocycles. The predicted molar refractivity (Wildman–Crippen MR) is 66.6 cm³/mol. The Labute approximate surface area is 102 Å². The summed E-state index contributed by atoms with van der Waals surface area (Å²) in [6.45, 7) is 4.72. The quantitative estimate of drug-likeness (QED) is 0.869. The maximum Gasteiger partial charge on any atom is 0.249 e. The molecule has 0 saturated carbocycles. The molecule has 0 aromatic heterocycles. The molecular formula is C14H19NO2. The van der Waals surface area contributed by atoms with Crippen molar-refractivity contribution < 1.29 is 9.53 Å². The predicted octanol–water partition coefficient (Wildman–Crippen LogP) is 2.22. The van der Waals surface area contributed by atoms with Crippen LogP contribution in [-0.4, -0.2) is 18.6 Å². The van der Waals surface area contributed by atoms with E-state index in [0.29, 0.717) is 6.61 Å². The normalized spacial score (nSPS) is 20.2. The fraction of sp³-hybridized carbons (Fsp3) is 0.500. The first-order valence-corrected chi connectivity index (χ1v) is 6.09. The molecular weight excluding hydrogens is 214 g/mol. The van der Waals surface area contributed by atoms with E-state index in [0.717, 1.165) is 18.4 Å². The Kier molecular flexibility index (Phi) is 3.48. The first kappa shape index (κ1) is 12.1. The number of hydrogen-bond acceptors (Lipinski definition) is 2. The Morgan fingerprint density at radius 2 is 2.06 bits per heavy atom. The molecule has 0 spiro atoms. The Bertz CT molecular complexity index is 380. The number of nitrogens with one attached hydrogen (secondary N) is 1. The number of carbonyl (C=O) groups is 1. The molecule has 0 aliphatic carbocycles. The Balaban J connectivity index is 2.04. The molecule has 92 valence electrons. The molecule has 1 aliphatic rings. The summed E-state index contributed by atoms with van der Waals surface area (Å²) >= 11 is 0. The number of carbonyl (C=O) groups excluding carboxylic acids is 1. The van der Waals surface area contributed by atoms with E-state index in [4.69, 9.17) is 4.74 Å². The van der Waals surface area contributed by atoms with E-state index in [1.165, 1.54) is 0 Å².